The minimum atomic E-state index is -4.19. The van der Waals surface area contributed by atoms with E-state index in [2.05, 4.69) is 46.3 Å². The number of phenols is 1. The van der Waals surface area contributed by atoms with Gasteiger partial charge < -0.3 is 14.6 Å². The quantitative estimate of drug-likeness (QED) is 0.278. The molecule has 1 aliphatic carbocycles. The fraction of sp³-hybridized carbons (Fsp3) is 0.231. The van der Waals surface area contributed by atoms with Gasteiger partial charge in [-0.05, 0) is 43.4 Å². The van der Waals surface area contributed by atoms with Crippen LogP contribution < -0.4 is 20.2 Å². The Morgan fingerprint density at radius 2 is 1.80 bits per heavy atom. The van der Waals surface area contributed by atoms with Gasteiger partial charge in [0.2, 0.25) is 16.0 Å². The minimum Gasteiger partial charge on any atom is -0.506 e. The summed E-state index contributed by atoms with van der Waals surface area (Å²) >= 11 is 0. The van der Waals surface area contributed by atoms with E-state index in [9.17, 15) is 13.5 Å². The van der Waals surface area contributed by atoms with Gasteiger partial charge in [-0.1, -0.05) is 11.8 Å². The second-order valence-corrected chi connectivity index (χ2v) is 10.8. The molecule has 0 aliphatic heterocycles. The third-order valence-electron chi connectivity index (χ3n) is 6.11. The van der Waals surface area contributed by atoms with Crippen molar-refractivity contribution in [2.45, 2.75) is 25.2 Å². The molecule has 40 heavy (non-hydrogen) atoms. The smallest absolute Gasteiger partial charge is 0.243 e. The number of benzene rings is 1. The van der Waals surface area contributed by atoms with Crippen molar-refractivity contribution in [3.63, 3.8) is 0 Å². The van der Waals surface area contributed by atoms with Gasteiger partial charge in [-0.15, -0.1) is 10.2 Å². The number of aromatic nitrogens is 7. The van der Waals surface area contributed by atoms with E-state index in [0.717, 1.165) is 5.56 Å². The van der Waals surface area contributed by atoms with Crippen LogP contribution in [0.2, 0.25) is 0 Å². The van der Waals surface area contributed by atoms with Crippen LogP contribution in [-0.4, -0.2) is 67.7 Å². The lowest BCUT2D eigenvalue weighted by Crippen LogP contribution is -2.33. The first-order valence-electron chi connectivity index (χ1n) is 11.9. The molecule has 13 nitrogen and oxygen atoms in total. The number of aryl methyl sites for hydroxylation is 1. The minimum absolute atomic E-state index is 0.105. The first-order valence-corrected chi connectivity index (χ1v) is 13.5. The first-order chi connectivity index (χ1) is 19.2. The van der Waals surface area contributed by atoms with Crippen LogP contribution in [-0.2, 0) is 14.8 Å². The van der Waals surface area contributed by atoms with Gasteiger partial charge >= 0.3 is 0 Å². The first kappa shape index (κ1) is 26.7. The lowest BCUT2D eigenvalue weighted by atomic mass is 10.2. The predicted molar refractivity (Wildman–Crippen MR) is 144 cm³/mol. The number of ether oxygens (including phenoxy) is 2. The molecular weight excluding hydrogens is 536 g/mol. The van der Waals surface area contributed by atoms with Crippen LogP contribution >= 0.6 is 0 Å². The zero-order valence-corrected chi connectivity index (χ0v) is 22.7. The Kier molecular flexibility index (Phi) is 7.16. The highest BCUT2D eigenvalue weighted by Gasteiger charge is 2.35. The molecule has 0 bridgehead atoms. The second kappa shape index (κ2) is 10.7. The Labute approximate surface area is 229 Å². The van der Waals surface area contributed by atoms with Crippen LogP contribution in [0, 0.1) is 6.92 Å². The lowest BCUT2D eigenvalue weighted by Gasteiger charge is -2.22. The van der Waals surface area contributed by atoms with E-state index in [1.54, 1.807) is 30.6 Å². The number of para-hydroxylation sites is 1. The number of aromatic hydroxyl groups is 1. The van der Waals surface area contributed by atoms with Crippen molar-refractivity contribution in [1.29, 1.82) is 0 Å². The summed E-state index contributed by atoms with van der Waals surface area (Å²) in [5, 5.41) is 19.0. The van der Waals surface area contributed by atoms with E-state index in [4.69, 9.17) is 9.47 Å². The highest BCUT2D eigenvalue weighted by atomic mass is 32.2. The third-order valence-corrected chi connectivity index (χ3v) is 7.80. The number of methoxy groups -OCH3 is 2. The normalized spacial score (nSPS) is 13.8. The number of rotatable bonds is 9. The van der Waals surface area contributed by atoms with Gasteiger partial charge in [0.1, 0.15) is 33.9 Å². The zero-order valence-electron chi connectivity index (χ0n) is 21.9. The maximum absolute atomic E-state index is 13.6. The summed E-state index contributed by atoms with van der Waals surface area (Å²) in [7, 11) is -1.39. The fourth-order valence-corrected chi connectivity index (χ4v) is 5.18. The van der Waals surface area contributed by atoms with E-state index in [1.807, 2.05) is 6.92 Å². The summed E-state index contributed by atoms with van der Waals surface area (Å²) in [6, 6.07) is 4.63. The highest BCUT2D eigenvalue weighted by Crippen LogP contribution is 2.36. The summed E-state index contributed by atoms with van der Waals surface area (Å²) in [6.45, 7) is 3.29. The van der Waals surface area contributed by atoms with E-state index < -0.39 is 21.4 Å². The molecule has 204 valence electrons. The summed E-state index contributed by atoms with van der Waals surface area (Å²) in [5.74, 6) is 0.161. The largest absolute Gasteiger partial charge is 0.506 e. The zero-order chi connectivity index (χ0) is 28.4. The van der Waals surface area contributed by atoms with Gasteiger partial charge in [-0.2, -0.15) is 0 Å². The summed E-state index contributed by atoms with van der Waals surface area (Å²) in [4.78, 5) is 16.9. The van der Waals surface area contributed by atoms with E-state index in [-0.39, 0.29) is 34.8 Å². The number of fused-ring (bicyclic) bond motifs is 1. The van der Waals surface area contributed by atoms with E-state index >= 15 is 0 Å². The van der Waals surface area contributed by atoms with Crippen LogP contribution in [0.5, 0.6) is 11.5 Å². The lowest BCUT2D eigenvalue weighted by molar-refractivity contribution is 0.0949. The molecule has 0 fully saturated rings. The second-order valence-electron chi connectivity index (χ2n) is 8.74. The molecule has 2 atom stereocenters. The molecule has 0 spiro atoms. The molecule has 1 aliphatic rings. The van der Waals surface area contributed by atoms with Gasteiger partial charge in [-0.25, -0.2) is 23.4 Å². The van der Waals surface area contributed by atoms with Crippen molar-refractivity contribution in [3.05, 3.63) is 76.6 Å². The topological polar surface area (TPSA) is 167 Å². The molecule has 5 rings (SSSR count). The highest BCUT2D eigenvalue weighted by molar-refractivity contribution is 7.93. The molecule has 14 heteroatoms. The van der Waals surface area contributed by atoms with Crippen LogP contribution in [0.1, 0.15) is 30.2 Å². The summed E-state index contributed by atoms with van der Waals surface area (Å²) in [6.07, 6.45) is 6.89. The van der Waals surface area contributed by atoms with Crippen LogP contribution in [0.3, 0.4) is 0 Å². The van der Waals surface area contributed by atoms with Crippen LogP contribution in [0.15, 0.2) is 48.7 Å². The molecular formula is C26H24N8O5S. The number of sulfonamides is 1. The van der Waals surface area contributed by atoms with Gasteiger partial charge in [0.15, 0.2) is 11.6 Å². The van der Waals surface area contributed by atoms with Crippen LogP contribution in [0.25, 0.3) is 23.1 Å². The molecule has 3 aromatic heterocycles. The van der Waals surface area contributed by atoms with E-state index in [1.165, 1.54) is 44.2 Å². The molecule has 3 heterocycles. The number of nitrogens with one attached hydrogen (secondary N) is 1. The molecule has 0 saturated heterocycles. The molecule has 0 radical (unpaired) electrons. The summed E-state index contributed by atoms with van der Waals surface area (Å²) in [5.41, 5.74) is 7.17. The van der Waals surface area contributed by atoms with Crippen molar-refractivity contribution in [2.24, 2.45) is 0 Å². The maximum atomic E-state index is 13.6. The third kappa shape index (κ3) is 4.95. The Hall–Kier alpha value is -4.87. The Morgan fingerprint density at radius 1 is 1.05 bits per heavy atom. The SMILES string of the molecule is COc1cccc(O)c1-n1c(NS(=O)(=O)[C@@H](C)[C@H](OC)c2ncc(C)cn2)nnc1C1=C=C=c2nccnc2=C1. The van der Waals surface area contributed by atoms with Crippen molar-refractivity contribution in [2.75, 3.05) is 18.9 Å². The van der Waals surface area contributed by atoms with Crippen molar-refractivity contribution in [3.8, 4) is 17.2 Å². The van der Waals surface area contributed by atoms with Gasteiger partial charge in [0, 0.05) is 31.9 Å². The fourth-order valence-electron chi connectivity index (χ4n) is 4.05. The standard InChI is InChI=1S/C26H24N8O5S/c1-15-13-29-24(30-14-15)23(39-4)16(2)40(36,37)33-26-32-31-25(17-8-9-18-19(12-17)28-11-10-27-18)34(26)22-20(35)6-5-7-21(22)38-3/h5-7,10-14,16,23,35H,1-4H3,(H,32,33)/t16-,23-/m0/s1. The molecule has 0 saturated carbocycles. The number of hydrogen-bond acceptors (Lipinski definition) is 11. The van der Waals surface area contributed by atoms with Gasteiger partial charge in [-0.3, -0.25) is 14.3 Å². The number of nitrogens with zero attached hydrogens (tertiary/aromatic N) is 7. The van der Waals surface area contributed by atoms with Gasteiger partial charge in [0.05, 0.1) is 18.0 Å². The monoisotopic (exact) mass is 560 g/mol. The van der Waals surface area contributed by atoms with Crippen molar-refractivity contribution < 1.29 is 23.0 Å². The predicted octanol–water partition coefficient (Wildman–Crippen LogP) is 0.800. The average molecular weight is 561 g/mol. The average Bonchev–Trinajstić information content (AvgIpc) is 3.35. The Balaban J connectivity index is 1.64. The molecule has 2 N–H and O–H groups in total. The van der Waals surface area contributed by atoms with Crippen LogP contribution in [0.4, 0.5) is 5.95 Å². The molecule has 4 aromatic rings. The van der Waals surface area contributed by atoms with E-state index in [0.29, 0.717) is 16.3 Å². The Bertz CT molecular complexity index is 1890. The number of anilines is 1. The number of phenolic OH excluding ortho intramolecular Hbond substituents is 1. The molecule has 0 amide bonds. The van der Waals surface area contributed by atoms with Crippen molar-refractivity contribution in [1.82, 2.24) is 34.7 Å². The van der Waals surface area contributed by atoms with Gasteiger partial charge in [0.25, 0.3) is 0 Å². The van der Waals surface area contributed by atoms with Crippen molar-refractivity contribution >= 4 is 33.4 Å². The molecule has 1 aromatic carbocycles. The number of allylic oxidation sites excluding steroid dienone is 1. The maximum Gasteiger partial charge on any atom is 0.243 e. The number of hydrogen-bond donors (Lipinski definition) is 2. The molecule has 0 unspecified atom stereocenters. The Morgan fingerprint density at radius 3 is 2.52 bits per heavy atom. The summed E-state index contributed by atoms with van der Waals surface area (Å²) < 4.78 is 42.0.